The van der Waals surface area contributed by atoms with E-state index in [4.69, 9.17) is 10.5 Å². The molecule has 112 valence electrons. The Bertz CT molecular complexity index is 467. The summed E-state index contributed by atoms with van der Waals surface area (Å²) in [7, 11) is 1.67. The van der Waals surface area contributed by atoms with Crippen LogP contribution < -0.4 is 10.5 Å². The number of aliphatic imine (C=N–C) groups is 1. The highest BCUT2D eigenvalue weighted by Gasteiger charge is 2.12. The maximum absolute atomic E-state index is 6.04. The number of guanidine groups is 1. The van der Waals surface area contributed by atoms with Gasteiger partial charge in [-0.1, -0.05) is 15.9 Å². The van der Waals surface area contributed by atoms with Crippen molar-refractivity contribution in [3.05, 3.63) is 28.2 Å². The first-order valence-electron chi connectivity index (χ1n) is 6.15. The van der Waals surface area contributed by atoms with Crippen LogP contribution in [0.15, 0.2) is 27.7 Å². The molecule has 0 unspecified atom stereocenters. The smallest absolute Gasteiger partial charge is 0.191 e. The lowest BCUT2D eigenvalue weighted by Crippen LogP contribution is -2.42. The average molecular weight is 472 g/mol. The van der Waals surface area contributed by atoms with E-state index in [-0.39, 0.29) is 24.0 Å². The molecular weight excluding hydrogens is 453 g/mol. The fraction of sp³-hybridized carbons (Fsp3) is 0.462. The second-order valence-corrected chi connectivity index (χ2v) is 6.37. The van der Waals surface area contributed by atoms with Crippen molar-refractivity contribution in [2.75, 3.05) is 31.7 Å². The first-order chi connectivity index (χ1) is 9.20. The van der Waals surface area contributed by atoms with Crippen LogP contribution in [0.2, 0.25) is 0 Å². The van der Waals surface area contributed by atoms with Crippen LogP contribution >= 0.6 is 51.7 Å². The third-order valence-electron chi connectivity index (χ3n) is 2.99. The van der Waals surface area contributed by atoms with Crippen LogP contribution in [0, 0.1) is 0 Å². The molecule has 4 nitrogen and oxygen atoms in total. The Hall–Kier alpha value is -0.150. The van der Waals surface area contributed by atoms with E-state index in [0.29, 0.717) is 12.5 Å². The second-order valence-electron chi connectivity index (χ2n) is 4.23. The van der Waals surface area contributed by atoms with E-state index < -0.39 is 0 Å². The van der Waals surface area contributed by atoms with Crippen LogP contribution in [0.25, 0.3) is 0 Å². The molecule has 2 rings (SSSR count). The van der Waals surface area contributed by atoms with Crippen molar-refractivity contribution < 1.29 is 4.74 Å². The summed E-state index contributed by atoms with van der Waals surface area (Å²) in [6, 6.07) is 5.90. The third kappa shape index (κ3) is 5.00. The Labute approximate surface area is 149 Å². The quantitative estimate of drug-likeness (QED) is 0.418. The van der Waals surface area contributed by atoms with Gasteiger partial charge in [0.15, 0.2) is 5.96 Å². The van der Waals surface area contributed by atoms with Gasteiger partial charge in [-0.2, -0.15) is 11.8 Å². The van der Waals surface area contributed by atoms with Crippen molar-refractivity contribution in [1.29, 1.82) is 0 Å². The predicted molar refractivity (Wildman–Crippen MR) is 100 cm³/mol. The monoisotopic (exact) mass is 471 g/mol. The van der Waals surface area contributed by atoms with E-state index in [9.17, 15) is 0 Å². The maximum Gasteiger partial charge on any atom is 0.191 e. The number of hydrogen-bond donors (Lipinski definition) is 1. The molecule has 1 aromatic rings. The van der Waals surface area contributed by atoms with Crippen LogP contribution in [-0.2, 0) is 6.54 Å². The van der Waals surface area contributed by atoms with Crippen molar-refractivity contribution in [2.24, 2.45) is 10.7 Å². The zero-order valence-electron chi connectivity index (χ0n) is 11.3. The van der Waals surface area contributed by atoms with Crippen LogP contribution in [-0.4, -0.2) is 42.6 Å². The third-order valence-corrected chi connectivity index (χ3v) is 4.42. The Kier molecular flexibility index (Phi) is 8.04. The van der Waals surface area contributed by atoms with Gasteiger partial charge in [-0.3, -0.25) is 0 Å². The molecule has 1 heterocycles. The van der Waals surface area contributed by atoms with E-state index in [1.54, 1.807) is 7.11 Å². The maximum atomic E-state index is 6.04. The summed E-state index contributed by atoms with van der Waals surface area (Å²) in [5.41, 5.74) is 7.07. The molecule has 1 aliphatic heterocycles. The molecule has 2 N–H and O–H groups in total. The highest BCUT2D eigenvalue weighted by molar-refractivity contribution is 14.0. The number of ether oxygens (including phenoxy) is 1. The van der Waals surface area contributed by atoms with E-state index in [1.807, 2.05) is 30.0 Å². The van der Waals surface area contributed by atoms with Gasteiger partial charge in [0, 0.05) is 34.6 Å². The summed E-state index contributed by atoms with van der Waals surface area (Å²) in [5.74, 6) is 3.71. The predicted octanol–water partition coefficient (Wildman–Crippen LogP) is 2.94. The van der Waals surface area contributed by atoms with Gasteiger partial charge < -0.3 is 15.4 Å². The molecule has 0 amide bonds. The minimum absolute atomic E-state index is 0. The first kappa shape index (κ1) is 17.9. The minimum atomic E-state index is 0. The van der Waals surface area contributed by atoms with E-state index in [2.05, 4.69) is 25.8 Å². The van der Waals surface area contributed by atoms with Gasteiger partial charge in [-0.05, 0) is 18.2 Å². The molecule has 0 radical (unpaired) electrons. The summed E-state index contributed by atoms with van der Waals surface area (Å²) in [6.07, 6.45) is 0. The van der Waals surface area contributed by atoms with E-state index in [1.165, 1.54) is 0 Å². The van der Waals surface area contributed by atoms with E-state index in [0.717, 1.165) is 40.4 Å². The number of nitrogens with two attached hydrogens (primary N) is 1. The molecular formula is C13H19BrIN3OS. The van der Waals surface area contributed by atoms with Crippen LogP contribution in [0.5, 0.6) is 5.75 Å². The molecule has 0 aromatic heterocycles. The average Bonchev–Trinajstić information content (AvgIpc) is 2.46. The molecule has 0 saturated carbocycles. The number of halogens is 2. The lowest BCUT2D eigenvalue weighted by atomic mass is 10.2. The Morgan fingerprint density at radius 2 is 2.15 bits per heavy atom. The van der Waals surface area contributed by atoms with Crippen molar-refractivity contribution >= 4 is 57.6 Å². The van der Waals surface area contributed by atoms with Gasteiger partial charge in [0.05, 0.1) is 13.7 Å². The molecule has 1 saturated heterocycles. The molecule has 0 atom stereocenters. The Morgan fingerprint density at radius 3 is 2.80 bits per heavy atom. The highest BCUT2D eigenvalue weighted by atomic mass is 127. The minimum Gasteiger partial charge on any atom is -0.496 e. The standard InChI is InChI=1S/C13H18BrN3OS.HI/c1-18-12-3-2-11(14)8-10(12)9-16-13(15)17-4-6-19-7-5-17;/h2-3,8H,4-7,9H2,1H3,(H2,15,16);1H. The topological polar surface area (TPSA) is 50.9 Å². The van der Waals surface area contributed by atoms with Crippen LogP contribution in [0.3, 0.4) is 0 Å². The van der Waals surface area contributed by atoms with Crippen LogP contribution in [0.1, 0.15) is 5.56 Å². The molecule has 0 aliphatic carbocycles. The lowest BCUT2D eigenvalue weighted by molar-refractivity contribution is 0.409. The number of methoxy groups -OCH3 is 1. The SMILES string of the molecule is COc1ccc(Br)cc1CN=C(N)N1CCSCC1.I. The Morgan fingerprint density at radius 1 is 1.45 bits per heavy atom. The number of hydrogen-bond acceptors (Lipinski definition) is 3. The first-order valence-corrected chi connectivity index (χ1v) is 8.10. The van der Waals surface area contributed by atoms with Crippen LogP contribution in [0.4, 0.5) is 0 Å². The van der Waals surface area contributed by atoms with Gasteiger partial charge >= 0.3 is 0 Å². The van der Waals surface area contributed by atoms with Crippen molar-refractivity contribution in [3.8, 4) is 5.75 Å². The van der Waals surface area contributed by atoms with E-state index >= 15 is 0 Å². The summed E-state index contributed by atoms with van der Waals surface area (Å²) in [4.78, 5) is 6.62. The van der Waals surface area contributed by atoms with Gasteiger partial charge in [-0.25, -0.2) is 4.99 Å². The summed E-state index contributed by atoms with van der Waals surface area (Å²) in [5, 5.41) is 0. The molecule has 0 bridgehead atoms. The normalized spacial score (nSPS) is 15.7. The fourth-order valence-electron chi connectivity index (χ4n) is 1.93. The molecule has 1 aromatic carbocycles. The largest absolute Gasteiger partial charge is 0.496 e. The number of nitrogens with zero attached hydrogens (tertiary/aromatic N) is 2. The number of rotatable bonds is 3. The number of benzene rings is 1. The summed E-state index contributed by atoms with van der Waals surface area (Å²) in [6.45, 7) is 2.50. The fourth-order valence-corrected chi connectivity index (χ4v) is 3.24. The molecule has 1 aliphatic rings. The van der Waals surface area contributed by atoms with Crippen molar-refractivity contribution in [1.82, 2.24) is 4.90 Å². The molecule has 1 fully saturated rings. The second kappa shape index (κ2) is 8.99. The summed E-state index contributed by atoms with van der Waals surface area (Å²) < 4.78 is 6.35. The zero-order valence-corrected chi connectivity index (χ0v) is 16.1. The van der Waals surface area contributed by atoms with Gasteiger partial charge in [0.1, 0.15) is 5.75 Å². The highest BCUT2D eigenvalue weighted by Crippen LogP contribution is 2.23. The molecule has 0 spiro atoms. The van der Waals surface area contributed by atoms with Crippen molar-refractivity contribution in [2.45, 2.75) is 6.54 Å². The van der Waals surface area contributed by atoms with Gasteiger partial charge in [0.25, 0.3) is 0 Å². The Balaban J connectivity index is 0.00000200. The zero-order chi connectivity index (χ0) is 13.7. The van der Waals surface area contributed by atoms with Crippen molar-refractivity contribution in [3.63, 3.8) is 0 Å². The molecule has 7 heteroatoms. The lowest BCUT2D eigenvalue weighted by Gasteiger charge is -2.27. The molecule has 20 heavy (non-hydrogen) atoms. The van der Waals surface area contributed by atoms with Gasteiger partial charge in [-0.15, -0.1) is 24.0 Å². The van der Waals surface area contributed by atoms with Gasteiger partial charge in [0.2, 0.25) is 0 Å². The number of thioether (sulfide) groups is 1. The summed E-state index contributed by atoms with van der Waals surface area (Å²) >= 11 is 5.42.